The molecule has 0 amide bonds. The Kier molecular flexibility index (Phi) is 1.92. The van der Waals surface area contributed by atoms with E-state index in [1.807, 2.05) is 20.8 Å². The Bertz CT molecular complexity index is 271. The van der Waals surface area contributed by atoms with E-state index < -0.39 is 0 Å². The van der Waals surface area contributed by atoms with E-state index in [0.29, 0.717) is 6.42 Å². The summed E-state index contributed by atoms with van der Waals surface area (Å²) in [5.74, 6) is 0. The van der Waals surface area contributed by atoms with Gasteiger partial charge in [0.25, 0.3) is 0 Å². The van der Waals surface area contributed by atoms with Gasteiger partial charge in [0.2, 0.25) is 0 Å². The molecule has 1 atom stereocenters. The Morgan fingerprint density at radius 3 is 2.25 bits per heavy atom. The van der Waals surface area contributed by atoms with Crippen LogP contribution in [0, 0.1) is 0 Å². The van der Waals surface area contributed by atoms with Crippen LogP contribution in [-0.2, 0) is 0 Å². The van der Waals surface area contributed by atoms with Crippen LogP contribution in [0.5, 0.6) is 0 Å². The van der Waals surface area contributed by atoms with Gasteiger partial charge in [0, 0.05) is 23.4 Å². The fourth-order valence-corrected chi connectivity index (χ4v) is 1.42. The minimum absolute atomic E-state index is 0.367. The van der Waals surface area contributed by atoms with Crippen LogP contribution in [0.3, 0.4) is 0 Å². The average Bonchev–Trinajstić information content (AvgIpc) is 1.97. The third-order valence-corrected chi connectivity index (χ3v) is 2.70. The monoisotopic (exact) mass is 167 g/mol. The summed E-state index contributed by atoms with van der Waals surface area (Å²) in [4.78, 5) is 0. The summed E-state index contributed by atoms with van der Waals surface area (Å²) >= 11 is 0. The predicted octanol–water partition coefficient (Wildman–Crippen LogP) is 0.573. The lowest BCUT2D eigenvalue weighted by Gasteiger charge is -2.32. The highest BCUT2D eigenvalue weighted by molar-refractivity contribution is 5.43. The standard InChI is InChI=1S/C9H17N3/c1-5-7(10)4-9(3,12)6(2)8(5)11/h4,10-12H2,1-3H3. The molecule has 68 valence electrons. The zero-order valence-electron chi connectivity index (χ0n) is 7.94. The molecular weight excluding hydrogens is 150 g/mol. The number of hydrogen-bond donors (Lipinski definition) is 3. The van der Waals surface area contributed by atoms with Gasteiger partial charge in [-0.25, -0.2) is 0 Å². The van der Waals surface area contributed by atoms with E-state index in [4.69, 9.17) is 17.2 Å². The fourth-order valence-electron chi connectivity index (χ4n) is 1.42. The molecule has 0 aromatic heterocycles. The van der Waals surface area contributed by atoms with Gasteiger partial charge < -0.3 is 17.2 Å². The van der Waals surface area contributed by atoms with Crippen molar-refractivity contribution in [3.8, 4) is 0 Å². The van der Waals surface area contributed by atoms with Gasteiger partial charge in [-0.2, -0.15) is 0 Å². The van der Waals surface area contributed by atoms with Gasteiger partial charge in [-0.3, -0.25) is 0 Å². The van der Waals surface area contributed by atoms with Crippen LogP contribution in [-0.4, -0.2) is 5.54 Å². The normalized spacial score (nSPS) is 31.3. The highest BCUT2D eigenvalue weighted by Crippen LogP contribution is 2.30. The lowest BCUT2D eigenvalue weighted by Crippen LogP contribution is -2.43. The SMILES string of the molecule is CC1=C(N)CC(C)(N)C(C)=C1N. The highest BCUT2D eigenvalue weighted by Gasteiger charge is 2.29. The predicted molar refractivity (Wildman–Crippen MR) is 51.0 cm³/mol. The van der Waals surface area contributed by atoms with Crippen molar-refractivity contribution < 1.29 is 0 Å². The molecule has 12 heavy (non-hydrogen) atoms. The van der Waals surface area contributed by atoms with Crippen LogP contribution in [0.25, 0.3) is 0 Å². The molecule has 0 fully saturated rings. The molecule has 0 spiro atoms. The zero-order chi connectivity index (χ0) is 9.52. The van der Waals surface area contributed by atoms with Crippen LogP contribution >= 0.6 is 0 Å². The lowest BCUT2D eigenvalue weighted by atomic mass is 9.81. The second-order valence-corrected chi connectivity index (χ2v) is 3.78. The molecule has 0 aromatic carbocycles. The van der Waals surface area contributed by atoms with Gasteiger partial charge in [-0.05, 0) is 31.9 Å². The van der Waals surface area contributed by atoms with Gasteiger partial charge in [0.1, 0.15) is 0 Å². The maximum absolute atomic E-state index is 6.01. The molecule has 0 radical (unpaired) electrons. The Hall–Kier alpha value is -0.960. The van der Waals surface area contributed by atoms with E-state index in [2.05, 4.69) is 0 Å². The van der Waals surface area contributed by atoms with Gasteiger partial charge >= 0.3 is 0 Å². The molecule has 3 heteroatoms. The molecule has 6 N–H and O–H groups in total. The Labute approximate surface area is 73.3 Å². The molecule has 0 bridgehead atoms. The molecule has 0 aromatic rings. The first-order chi connectivity index (χ1) is 5.36. The van der Waals surface area contributed by atoms with E-state index >= 15 is 0 Å². The number of allylic oxidation sites excluding steroid dienone is 1. The smallest absolute Gasteiger partial charge is 0.0415 e. The first kappa shape index (κ1) is 9.13. The number of hydrogen-bond acceptors (Lipinski definition) is 3. The third-order valence-electron chi connectivity index (χ3n) is 2.70. The fraction of sp³-hybridized carbons (Fsp3) is 0.556. The van der Waals surface area contributed by atoms with Crippen LogP contribution in [0.1, 0.15) is 27.2 Å². The molecule has 0 saturated carbocycles. The third kappa shape index (κ3) is 1.20. The van der Waals surface area contributed by atoms with Crippen molar-refractivity contribution in [2.24, 2.45) is 17.2 Å². The van der Waals surface area contributed by atoms with E-state index in [1.54, 1.807) is 0 Å². The Morgan fingerprint density at radius 2 is 1.75 bits per heavy atom. The maximum atomic E-state index is 6.01. The minimum Gasteiger partial charge on any atom is -0.402 e. The van der Waals surface area contributed by atoms with Gasteiger partial charge in [-0.15, -0.1) is 0 Å². The molecule has 1 aliphatic rings. The van der Waals surface area contributed by atoms with Crippen molar-refractivity contribution in [1.29, 1.82) is 0 Å². The van der Waals surface area contributed by atoms with Crippen LogP contribution in [0.4, 0.5) is 0 Å². The summed E-state index contributed by atoms with van der Waals surface area (Å²) in [7, 11) is 0. The molecule has 1 aliphatic carbocycles. The second-order valence-electron chi connectivity index (χ2n) is 3.78. The van der Waals surface area contributed by atoms with Crippen molar-refractivity contribution in [3.63, 3.8) is 0 Å². The van der Waals surface area contributed by atoms with E-state index in [9.17, 15) is 0 Å². The van der Waals surface area contributed by atoms with Crippen molar-refractivity contribution in [2.45, 2.75) is 32.7 Å². The largest absolute Gasteiger partial charge is 0.402 e. The van der Waals surface area contributed by atoms with Crippen molar-refractivity contribution in [3.05, 3.63) is 22.5 Å². The summed E-state index contributed by atoms with van der Waals surface area (Å²) in [6, 6.07) is 0. The van der Waals surface area contributed by atoms with Crippen LogP contribution in [0.2, 0.25) is 0 Å². The summed E-state index contributed by atoms with van der Waals surface area (Å²) < 4.78 is 0. The maximum Gasteiger partial charge on any atom is 0.0415 e. The van der Waals surface area contributed by atoms with Crippen LogP contribution in [0.15, 0.2) is 22.5 Å². The molecule has 3 nitrogen and oxygen atoms in total. The van der Waals surface area contributed by atoms with E-state index in [-0.39, 0.29) is 5.54 Å². The van der Waals surface area contributed by atoms with E-state index in [1.165, 1.54) is 0 Å². The summed E-state index contributed by atoms with van der Waals surface area (Å²) in [6.45, 7) is 5.85. The minimum atomic E-state index is -0.367. The summed E-state index contributed by atoms with van der Waals surface area (Å²) in [6.07, 6.45) is 0.700. The molecule has 1 unspecified atom stereocenters. The lowest BCUT2D eigenvalue weighted by molar-refractivity contribution is 0.522. The second kappa shape index (κ2) is 2.52. The van der Waals surface area contributed by atoms with Gasteiger partial charge in [0.05, 0.1) is 0 Å². The van der Waals surface area contributed by atoms with Crippen molar-refractivity contribution >= 4 is 0 Å². The first-order valence-electron chi connectivity index (χ1n) is 4.07. The summed E-state index contributed by atoms with van der Waals surface area (Å²) in [5, 5.41) is 0. The molecule has 1 rings (SSSR count). The quantitative estimate of drug-likeness (QED) is 0.493. The van der Waals surface area contributed by atoms with Gasteiger partial charge in [0.15, 0.2) is 0 Å². The topological polar surface area (TPSA) is 78.1 Å². The zero-order valence-corrected chi connectivity index (χ0v) is 7.94. The molecule has 0 heterocycles. The molecule has 0 aliphatic heterocycles. The van der Waals surface area contributed by atoms with E-state index in [0.717, 1.165) is 22.5 Å². The first-order valence-corrected chi connectivity index (χ1v) is 4.07. The molecular formula is C9H17N3. The Morgan fingerprint density at radius 1 is 1.25 bits per heavy atom. The number of rotatable bonds is 0. The van der Waals surface area contributed by atoms with Crippen molar-refractivity contribution in [2.75, 3.05) is 0 Å². The average molecular weight is 167 g/mol. The highest BCUT2D eigenvalue weighted by atomic mass is 14.8. The summed E-state index contributed by atoms with van der Waals surface area (Å²) in [5.41, 5.74) is 20.9. The molecule has 0 saturated heterocycles. The van der Waals surface area contributed by atoms with Crippen LogP contribution < -0.4 is 17.2 Å². The van der Waals surface area contributed by atoms with Gasteiger partial charge in [-0.1, -0.05) is 0 Å². The van der Waals surface area contributed by atoms with Crippen molar-refractivity contribution in [1.82, 2.24) is 0 Å². The number of nitrogens with two attached hydrogens (primary N) is 3. The Balaban J connectivity index is 3.20.